The quantitative estimate of drug-likeness (QED) is 0.797. The predicted octanol–water partition coefficient (Wildman–Crippen LogP) is 0.833. The van der Waals surface area contributed by atoms with Crippen LogP contribution in [0.3, 0.4) is 0 Å². The summed E-state index contributed by atoms with van der Waals surface area (Å²) in [6, 6.07) is 0. The molecule has 2 heterocycles. The zero-order valence-corrected chi connectivity index (χ0v) is 12.7. The summed E-state index contributed by atoms with van der Waals surface area (Å²) in [5.41, 5.74) is 11.7. The van der Waals surface area contributed by atoms with Crippen LogP contribution in [0.2, 0.25) is 0 Å². The number of esters is 1. The minimum Gasteiger partial charge on any atom is -0.462 e. The number of nitrogens with two attached hydrogens (primary N) is 2. The van der Waals surface area contributed by atoms with Gasteiger partial charge in [0.25, 0.3) is 5.91 Å². The van der Waals surface area contributed by atoms with E-state index in [1.165, 1.54) is 0 Å². The van der Waals surface area contributed by atoms with Gasteiger partial charge in [0.2, 0.25) is 0 Å². The van der Waals surface area contributed by atoms with Crippen LogP contribution in [0.25, 0.3) is 0 Å². The SMILES string of the molecule is CCOC(=O)c1sc(N2CCCOCC2)c(C(N)=O)c1N. The van der Waals surface area contributed by atoms with E-state index in [4.69, 9.17) is 20.9 Å². The Morgan fingerprint density at radius 2 is 2.14 bits per heavy atom. The molecule has 21 heavy (non-hydrogen) atoms. The number of primary amides is 1. The van der Waals surface area contributed by atoms with Crippen molar-refractivity contribution in [3.63, 3.8) is 0 Å². The summed E-state index contributed by atoms with van der Waals surface area (Å²) in [4.78, 5) is 25.8. The predicted molar refractivity (Wildman–Crippen MR) is 80.9 cm³/mol. The van der Waals surface area contributed by atoms with E-state index in [0.717, 1.165) is 24.3 Å². The van der Waals surface area contributed by atoms with Crippen LogP contribution in [0.4, 0.5) is 10.7 Å². The fourth-order valence-corrected chi connectivity index (χ4v) is 3.36. The van der Waals surface area contributed by atoms with Gasteiger partial charge >= 0.3 is 5.97 Å². The highest BCUT2D eigenvalue weighted by atomic mass is 32.1. The van der Waals surface area contributed by atoms with Crippen molar-refractivity contribution in [3.8, 4) is 0 Å². The number of anilines is 2. The van der Waals surface area contributed by atoms with Crippen molar-refractivity contribution in [1.29, 1.82) is 0 Å². The Bertz CT molecular complexity index is 536. The van der Waals surface area contributed by atoms with Gasteiger partial charge in [-0.1, -0.05) is 0 Å². The largest absolute Gasteiger partial charge is 0.462 e. The van der Waals surface area contributed by atoms with Gasteiger partial charge in [-0.3, -0.25) is 4.79 Å². The molecular weight excluding hydrogens is 294 g/mol. The number of hydrogen-bond acceptors (Lipinski definition) is 7. The molecule has 1 amide bonds. The monoisotopic (exact) mass is 313 g/mol. The number of nitrogen functional groups attached to an aromatic ring is 1. The maximum Gasteiger partial charge on any atom is 0.350 e. The van der Waals surface area contributed by atoms with Crippen molar-refractivity contribution < 1.29 is 19.1 Å². The molecule has 1 aliphatic heterocycles. The molecular formula is C13H19N3O4S. The van der Waals surface area contributed by atoms with Crippen LogP contribution in [0.1, 0.15) is 33.4 Å². The molecule has 0 saturated carbocycles. The first kappa shape index (κ1) is 15.6. The van der Waals surface area contributed by atoms with Gasteiger partial charge in [-0.05, 0) is 13.3 Å². The fraction of sp³-hybridized carbons (Fsp3) is 0.538. The molecule has 4 N–H and O–H groups in total. The van der Waals surface area contributed by atoms with Crippen molar-refractivity contribution >= 4 is 33.9 Å². The average molecular weight is 313 g/mol. The molecule has 1 aliphatic rings. The number of amides is 1. The van der Waals surface area contributed by atoms with Crippen LogP contribution in [0, 0.1) is 0 Å². The molecule has 7 nitrogen and oxygen atoms in total. The summed E-state index contributed by atoms with van der Waals surface area (Å²) in [6.45, 7) is 4.54. The molecule has 0 atom stereocenters. The van der Waals surface area contributed by atoms with Gasteiger partial charge in [0.05, 0.1) is 24.5 Å². The lowest BCUT2D eigenvalue weighted by Crippen LogP contribution is -2.27. The van der Waals surface area contributed by atoms with Crippen LogP contribution < -0.4 is 16.4 Å². The average Bonchev–Trinajstić information content (AvgIpc) is 2.63. The zero-order valence-electron chi connectivity index (χ0n) is 11.9. The Balaban J connectivity index is 2.41. The fourth-order valence-electron chi connectivity index (χ4n) is 2.19. The van der Waals surface area contributed by atoms with E-state index in [1.807, 2.05) is 4.90 Å². The summed E-state index contributed by atoms with van der Waals surface area (Å²) in [5.74, 6) is -1.17. The van der Waals surface area contributed by atoms with Crippen molar-refractivity contribution in [3.05, 3.63) is 10.4 Å². The number of carbonyl (C=O) groups excluding carboxylic acids is 2. The number of nitrogens with zero attached hydrogens (tertiary/aromatic N) is 1. The van der Waals surface area contributed by atoms with Crippen LogP contribution in [0.15, 0.2) is 0 Å². The highest BCUT2D eigenvalue weighted by Crippen LogP contribution is 2.38. The summed E-state index contributed by atoms with van der Waals surface area (Å²) in [5, 5.41) is 0.619. The van der Waals surface area contributed by atoms with Gasteiger partial charge in [0.15, 0.2) is 0 Å². The molecule has 1 aromatic heterocycles. The Kier molecular flexibility index (Phi) is 5.03. The second-order valence-corrected chi connectivity index (χ2v) is 5.56. The van der Waals surface area contributed by atoms with Crippen molar-refractivity contribution in [1.82, 2.24) is 0 Å². The lowest BCUT2D eigenvalue weighted by Gasteiger charge is -2.20. The summed E-state index contributed by atoms with van der Waals surface area (Å²) >= 11 is 1.15. The number of hydrogen-bond donors (Lipinski definition) is 2. The molecule has 0 radical (unpaired) electrons. The number of rotatable bonds is 4. The van der Waals surface area contributed by atoms with E-state index in [2.05, 4.69) is 0 Å². The third kappa shape index (κ3) is 3.27. The molecule has 1 aromatic rings. The molecule has 0 aromatic carbocycles. The summed E-state index contributed by atoms with van der Waals surface area (Å²) in [6.07, 6.45) is 0.838. The van der Waals surface area contributed by atoms with Gasteiger partial charge < -0.3 is 25.8 Å². The normalized spacial score (nSPS) is 15.6. The molecule has 116 valence electrons. The van der Waals surface area contributed by atoms with Crippen molar-refractivity contribution in [2.45, 2.75) is 13.3 Å². The number of ether oxygens (including phenoxy) is 2. The third-order valence-corrected chi connectivity index (χ3v) is 4.39. The molecule has 1 fully saturated rings. The Hall–Kier alpha value is -1.80. The molecule has 8 heteroatoms. The summed E-state index contributed by atoms with van der Waals surface area (Å²) < 4.78 is 10.4. The molecule has 2 rings (SSSR count). The second-order valence-electron chi connectivity index (χ2n) is 4.56. The van der Waals surface area contributed by atoms with Crippen LogP contribution in [-0.4, -0.2) is 44.8 Å². The standard InChI is InChI=1S/C13H19N3O4S/c1-2-20-13(18)10-9(14)8(11(15)17)12(21-10)16-4-3-6-19-7-5-16/h2-7,14H2,1H3,(H2,15,17). The highest BCUT2D eigenvalue weighted by molar-refractivity contribution is 7.19. The minimum absolute atomic E-state index is 0.103. The van der Waals surface area contributed by atoms with Gasteiger partial charge in [-0.2, -0.15) is 0 Å². The van der Waals surface area contributed by atoms with E-state index in [0.29, 0.717) is 24.8 Å². The van der Waals surface area contributed by atoms with Crippen LogP contribution >= 0.6 is 11.3 Å². The zero-order chi connectivity index (χ0) is 15.4. The Labute approximate surface area is 126 Å². The van der Waals surface area contributed by atoms with Gasteiger partial charge in [-0.25, -0.2) is 4.79 Å². The van der Waals surface area contributed by atoms with Crippen LogP contribution in [0.5, 0.6) is 0 Å². The first-order chi connectivity index (χ1) is 10.1. The van der Waals surface area contributed by atoms with E-state index in [9.17, 15) is 9.59 Å². The molecule has 0 spiro atoms. The minimum atomic E-state index is -0.639. The van der Waals surface area contributed by atoms with Gasteiger partial charge in [-0.15, -0.1) is 11.3 Å². The molecule has 0 unspecified atom stereocenters. The number of thiophene rings is 1. The van der Waals surface area contributed by atoms with E-state index >= 15 is 0 Å². The van der Waals surface area contributed by atoms with Gasteiger partial charge in [0.1, 0.15) is 9.88 Å². The first-order valence-electron chi connectivity index (χ1n) is 6.78. The molecule has 0 bridgehead atoms. The first-order valence-corrected chi connectivity index (χ1v) is 7.59. The maximum atomic E-state index is 11.9. The van der Waals surface area contributed by atoms with Crippen molar-refractivity contribution in [2.75, 3.05) is 43.5 Å². The van der Waals surface area contributed by atoms with E-state index in [-0.39, 0.29) is 22.7 Å². The summed E-state index contributed by atoms with van der Waals surface area (Å²) in [7, 11) is 0. The van der Waals surface area contributed by atoms with Gasteiger partial charge in [0, 0.05) is 19.7 Å². The van der Waals surface area contributed by atoms with E-state index in [1.54, 1.807) is 6.92 Å². The van der Waals surface area contributed by atoms with E-state index < -0.39 is 11.9 Å². The highest BCUT2D eigenvalue weighted by Gasteiger charge is 2.28. The lowest BCUT2D eigenvalue weighted by atomic mass is 10.2. The Morgan fingerprint density at radius 3 is 2.81 bits per heavy atom. The third-order valence-electron chi connectivity index (χ3n) is 3.14. The molecule has 0 aliphatic carbocycles. The van der Waals surface area contributed by atoms with Crippen LogP contribution in [-0.2, 0) is 9.47 Å². The maximum absolute atomic E-state index is 11.9. The topological polar surface area (TPSA) is 108 Å². The smallest absolute Gasteiger partial charge is 0.350 e. The molecule has 1 saturated heterocycles. The number of carbonyl (C=O) groups is 2. The second kappa shape index (κ2) is 6.77. The Morgan fingerprint density at radius 1 is 1.38 bits per heavy atom. The lowest BCUT2D eigenvalue weighted by molar-refractivity contribution is 0.0533. The van der Waals surface area contributed by atoms with Crippen molar-refractivity contribution in [2.24, 2.45) is 5.73 Å².